The molecule has 0 radical (unpaired) electrons. The average molecular weight is 331 g/mol. The van der Waals surface area contributed by atoms with Gasteiger partial charge in [-0.2, -0.15) is 0 Å². The molecule has 1 aliphatic rings. The highest BCUT2D eigenvalue weighted by Crippen LogP contribution is 2.29. The van der Waals surface area contributed by atoms with E-state index in [1.54, 1.807) is 49.4 Å². The van der Waals surface area contributed by atoms with Crippen molar-refractivity contribution in [3.05, 3.63) is 53.6 Å². The van der Waals surface area contributed by atoms with Crippen molar-refractivity contribution in [3.8, 4) is 5.75 Å². The maximum absolute atomic E-state index is 12.7. The maximum atomic E-state index is 12.7. The van der Waals surface area contributed by atoms with E-state index in [0.717, 1.165) is 0 Å². The normalized spacial score (nSPS) is 14.7. The van der Waals surface area contributed by atoms with Gasteiger partial charge in [0.15, 0.2) is 6.10 Å². The van der Waals surface area contributed by atoms with Crippen molar-refractivity contribution in [1.29, 1.82) is 0 Å². The first-order valence-electron chi connectivity index (χ1n) is 7.17. The van der Waals surface area contributed by atoms with Crippen LogP contribution in [0.5, 0.6) is 5.75 Å². The molecule has 118 valence electrons. The second kappa shape index (κ2) is 6.30. The van der Waals surface area contributed by atoms with Gasteiger partial charge in [-0.1, -0.05) is 29.8 Å². The number of anilines is 2. The van der Waals surface area contributed by atoms with E-state index in [1.165, 1.54) is 4.90 Å². The van der Waals surface area contributed by atoms with Crippen LogP contribution < -0.4 is 15.0 Å². The number of ether oxygens (including phenoxy) is 1. The first kappa shape index (κ1) is 15.4. The molecule has 1 heterocycles. The van der Waals surface area contributed by atoms with Crippen LogP contribution in [0.25, 0.3) is 0 Å². The summed E-state index contributed by atoms with van der Waals surface area (Å²) in [5.74, 6) is -0.00706. The Labute approximate surface area is 138 Å². The summed E-state index contributed by atoms with van der Waals surface area (Å²) in [5, 5.41) is 3.28. The number of amides is 2. The number of benzene rings is 2. The van der Waals surface area contributed by atoms with Gasteiger partial charge in [-0.25, -0.2) is 0 Å². The van der Waals surface area contributed by atoms with E-state index in [0.29, 0.717) is 22.1 Å². The fraction of sp³-hybridized carbons (Fsp3) is 0.176. The van der Waals surface area contributed by atoms with E-state index in [9.17, 15) is 9.59 Å². The smallest absolute Gasteiger partial charge is 0.268 e. The van der Waals surface area contributed by atoms with Gasteiger partial charge in [-0.05, 0) is 37.3 Å². The van der Waals surface area contributed by atoms with Gasteiger partial charge in [0.2, 0.25) is 5.91 Å². The third-order valence-corrected chi connectivity index (χ3v) is 3.73. The van der Waals surface area contributed by atoms with Crippen molar-refractivity contribution in [3.63, 3.8) is 0 Å². The third-order valence-electron chi connectivity index (χ3n) is 3.49. The minimum absolute atomic E-state index is 0.0287. The van der Waals surface area contributed by atoms with E-state index in [2.05, 4.69) is 5.32 Å². The summed E-state index contributed by atoms with van der Waals surface area (Å²) in [5.41, 5.74) is 1.28. The Bertz CT molecular complexity index is 763. The van der Waals surface area contributed by atoms with Crippen molar-refractivity contribution in [2.45, 2.75) is 13.0 Å². The topological polar surface area (TPSA) is 58.6 Å². The van der Waals surface area contributed by atoms with Gasteiger partial charge in [0.1, 0.15) is 12.3 Å². The molecular formula is C17H15ClN2O3. The highest BCUT2D eigenvalue weighted by atomic mass is 35.5. The fourth-order valence-corrected chi connectivity index (χ4v) is 2.62. The van der Waals surface area contributed by atoms with Gasteiger partial charge in [-0.15, -0.1) is 0 Å². The van der Waals surface area contributed by atoms with Crippen molar-refractivity contribution >= 4 is 34.8 Å². The molecule has 0 aromatic heterocycles. The molecule has 5 nitrogen and oxygen atoms in total. The van der Waals surface area contributed by atoms with Crippen molar-refractivity contribution in [2.75, 3.05) is 16.8 Å². The van der Waals surface area contributed by atoms with Crippen LogP contribution in [-0.2, 0) is 9.59 Å². The number of para-hydroxylation sites is 2. The molecule has 6 heteroatoms. The minimum Gasteiger partial charge on any atom is -0.481 e. The lowest BCUT2D eigenvalue weighted by Crippen LogP contribution is -2.47. The summed E-state index contributed by atoms with van der Waals surface area (Å²) in [4.78, 5) is 25.9. The average Bonchev–Trinajstić information content (AvgIpc) is 2.53. The van der Waals surface area contributed by atoms with Crippen molar-refractivity contribution in [1.82, 2.24) is 0 Å². The molecule has 0 bridgehead atoms. The summed E-state index contributed by atoms with van der Waals surface area (Å²) in [6.07, 6.45) is -0.743. The second-order valence-electron chi connectivity index (χ2n) is 5.21. The van der Waals surface area contributed by atoms with Gasteiger partial charge < -0.3 is 10.1 Å². The second-order valence-corrected chi connectivity index (χ2v) is 5.64. The van der Waals surface area contributed by atoms with Crippen LogP contribution in [0, 0.1) is 0 Å². The van der Waals surface area contributed by atoms with Crippen LogP contribution in [0.4, 0.5) is 11.4 Å². The number of rotatable bonds is 3. The number of hydrogen-bond acceptors (Lipinski definition) is 3. The number of nitrogens with zero attached hydrogens (tertiary/aromatic N) is 1. The molecule has 1 N–H and O–H groups in total. The molecule has 2 aromatic rings. The maximum Gasteiger partial charge on any atom is 0.268 e. The Morgan fingerprint density at radius 2 is 2.04 bits per heavy atom. The van der Waals surface area contributed by atoms with Crippen LogP contribution in [0.2, 0.25) is 5.02 Å². The highest BCUT2D eigenvalue weighted by Gasteiger charge is 2.30. The molecular weight excluding hydrogens is 316 g/mol. The Kier molecular flexibility index (Phi) is 4.21. The zero-order valence-electron chi connectivity index (χ0n) is 12.5. The van der Waals surface area contributed by atoms with E-state index >= 15 is 0 Å². The van der Waals surface area contributed by atoms with Crippen molar-refractivity contribution in [2.24, 2.45) is 0 Å². The summed E-state index contributed by atoms with van der Waals surface area (Å²) in [6, 6.07) is 14.0. The van der Waals surface area contributed by atoms with E-state index in [1.807, 2.05) is 6.07 Å². The van der Waals surface area contributed by atoms with Gasteiger partial charge in [0, 0.05) is 5.02 Å². The van der Waals surface area contributed by atoms with Gasteiger partial charge in [0.25, 0.3) is 5.91 Å². The van der Waals surface area contributed by atoms with Crippen LogP contribution in [0.3, 0.4) is 0 Å². The van der Waals surface area contributed by atoms with Gasteiger partial charge >= 0.3 is 0 Å². The Hall–Kier alpha value is -2.53. The lowest BCUT2D eigenvalue weighted by molar-refractivity contribution is -0.126. The molecule has 0 aliphatic carbocycles. The molecule has 0 spiro atoms. The predicted molar refractivity (Wildman–Crippen MR) is 89.0 cm³/mol. The van der Waals surface area contributed by atoms with Crippen LogP contribution in [0.15, 0.2) is 48.5 Å². The van der Waals surface area contributed by atoms with Crippen LogP contribution >= 0.6 is 11.6 Å². The summed E-state index contributed by atoms with van der Waals surface area (Å²) < 4.78 is 5.65. The van der Waals surface area contributed by atoms with Crippen LogP contribution in [-0.4, -0.2) is 24.5 Å². The summed E-state index contributed by atoms with van der Waals surface area (Å²) in [6.45, 7) is 1.62. The Morgan fingerprint density at radius 1 is 1.26 bits per heavy atom. The van der Waals surface area contributed by atoms with E-state index in [-0.39, 0.29) is 18.4 Å². The van der Waals surface area contributed by atoms with Gasteiger partial charge in [0.05, 0.1) is 11.4 Å². The number of hydrogen-bond donors (Lipinski definition) is 1. The molecule has 0 saturated heterocycles. The fourth-order valence-electron chi connectivity index (χ4n) is 2.44. The molecule has 0 saturated carbocycles. The molecule has 1 atom stereocenters. The quantitative estimate of drug-likeness (QED) is 0.940. The Balaban J connectivity index is 1.81. The molecule has 2 aromatic carbocycles. The molecule has 23 heavy (non-hydrogen) atoms. The number of fused-ring (bicyclic) bond motifs is 1. The standard InChI is InChI=1S/C17H15ClN2O3/c1-11(23-13-6-4-5-12(18)9-13)17(22)20-10-16(21)19-14-7-2-3-8-15(14)20/h2-9,11H,10H2,1H3,(H,19,21). The van der Waals surface area contributed by atoms with Crippen molar-refractivity contribution < 1.29 is 14.3 Å². The first-order chi connectivity index (χ1) is 11.0. The molecule has 2 amide bonds. The molecule has 1 aliphatic heterocycles. The first-order valence-corrected chi connectivity index (χ1v) is 7.55. The highest BCUT2D eigenvalue weighted by molar-refractivity contribution is 6.30. The zero-order valence-corrected chi connectivity index (χ0v) is 13.2. The lowest BCUT2D eigenvalue weighted by Gasteiger charge is -2.31. The van der Waals surface area contributed by atoms with E-state index < -0.39 is 6.10 Å². The molecule has 1 unspecified atom stereocenters. The summed E-state index contributed by atoms with van der Waals surface area (Å²) in [7, 11) is 0. The zero-order chi connectivity index (χ0) is 16.4. The molecule has 3 rings (SSSR count). The third kappa shape index (κ3) is 3.29. The SMILES string of the molecule is CC(Oc1cccc(Cl)c1)C(=O)N1CC(=O)Nc2ccccc21. The largest absolute Gasteiger partial charge is 0.481 e. The number of carbonyl (C=O) groups excluding carboxylic acids is 2. The van der Waals surface area contributed by atoms with E-state index in [4.69, 9.17) is 16.3 Å². The number of nitrogens with one attached hydrogen (secondary N) is 1. The molecule has 0 fully saturated rings. The predicted octanol–water partition coefficient (Wildman–Crippen LogP) is 3.09. The monoisotopic (exact) mass is 330 g/mol. The lowest BCUT2D eigenvalue weighted by atomic mass is 10.1. The minimum atomic E-state index is -0.743. The summed E-state index contributed by atoms with van der Waals surface area (Å²) >= 11 is 5.91. The Morgan fingerprint density at radius 3 is 2.83 bits per heavy atom. The van der Waals surface area contributed by atoms with Gasteiger partial charge in [-0.3, -0.25) is 14.5 Å². The number of halogens is 1. The number of carbonyl (C=O) groups is 2. The van der Waals surface area contributed by atoms with Crippen LogP contribution in [0.1, 0.15) is 6.92 Å².